The van der Waals surface area contributed by atoms with Crippen LogP contribution >= 0.6 is 0 Å². The first-order chi connectivity index (χ1) is 9.50. The lowest BCUT2D eigenvalue weighted by molar-refractivity contribution is -0.137. The third kappa shape index (κ3) is 3.26. The van der Waals surface area contributed by atoms with E-state index in [9.17, 15) is 13.2 Å². The van der Waals surface area contributed by atoms with Crippen LogP contribution in [0.2, 0.25) is 0 Å². The van der Waals surface area contributed by atoms with E-state index in [4.69, 9.17) is 5.26 Å². The highest BCUT2D eigenvalue weighted by molar-refractivity contribution is 5.58. The van der Waals surface area contributed by atoms with Crippen molar-refractivity contribution in [1.82, 2.24) is 15.0 Å². The van der Waals surface area contributed by atoms with Crippen LogP contribution in [0.5, 0.6) is 0 Å². The number of nitrogens with one attached hydrogen (secondary N) is 1. The van der Waals surface area contributed by atoms with Crippen LogP contribution in [-0.2, 0) is 12.7 Å². The van der Waals surface area contributed by atoms with Gasteiger partial charge in [-0.15, -0.1) is 5.10 Å². The normalized spacial score (nSPS) is 11.1. The lowest BCUT2D eigenvalue weighted by Gasteiger charge is -2.11. The number of hydrogen-bond donors (Lipinski definition) is 1. The first-order valence-corrected chi connectivity index (χ1v) is 5.70. The SMILES string of the molecule is N#Cc1cc(C(F)(F)F)ccc1NCCn1ccnn1. The highest BCUT2D eigenvalue weighted by Crippen LogP contribution is 2.31. The number of anilines is 1. The summed E-state index contributed by atoms with van der Waals surface area (Å²) in [6, 6.07) is 4.78. The summed E-state index contributed by atoms with van der Waals surface area (Å²) < 4.78 is 39.1. The minimum atomic E-state index is -4.45. The largest absolute Gasteiger partial charge is 0.416 e. The maximum absolute atomic E-state index is 12.5. The van der Waals surface area contributed by atoms with E-state index in [-0.39, 0.29) is 5.56 Å². The van der Waals surface area contributed by atoms with Crippen LogP contribution in [0.3, 0.4) is 0 Å². The molecule has 0 bridgehead atoms. The van der Waals surface area contributed by atoms with Crippen molar-refractivity contribution in [2.75, 3.05) is 11.9 Å². The average Bonchev–Trinajstić information content (AvgIpc) is 2.91. The molecule has 0 unspecified atom stereocenters. The monoisotopic (exact) mass is 281 g/mol. The molecule has 0 saturated heterocycles. The average molecular weight is 281 g/mol. The van der Waals surface area contributed by atoms with Gasteiger partial charge in [-0.1, -0.05) is 5.21 Å². The van der Waals surface area contributed by atoms with E-state index in [0.29, 0.717) is 18.8 Å². The summed E-state index contributed by atoms with van der Waals surface area (Å²) in [6.45, 7) is 0.912. The smallest absolute Gasteiger partial charge is 0.382 e. The van der Waals surface area contributed by atoms with Crippen LogP contribution in [0, 0.1) is 11.3 Å². The van der Waals surface area contributed by atoms with Crippen LogP contribution in [0.4, 0.5) is 18.9 Å². The predicted octanol–water partition coefficient (Wildman–Crippen LogP) is 2.28. The van der Waals surface area contributed by atoms with E-state index in [1.165, 1.54) is 12.3 Å². The Morgan fingerprint density at radius 3 is 2.75 bits per heavy atom. The minimum absolute atomic E-state index is 0.0431. The molecule has 2 rings (SSSR count). The van der Waals surface area contributed by atoms with Gasteiger partial charge in [0.2, 0.25) is 0 Å². The molecule has 0 aliphatic carbocycles. The van der Waals surface area contributed by atoms with Crippen molar-refractivity contribution in [2.45, 2.75) is 12.7 Å². The van der Waals surface area contributed by atoms with Crippen LogP contribution in [0.15, 0.2) is 30.6 Å². The lowest BCUT2D eigenvalue weighted by atomic mass is 10.1. The number of alkyl halides is 3. The van der Waals surface area contributed by atoms with E-state index in [2.05, 4.69) is 15.6 Å². The molecule has 1 heterocycles. The lowest BCUT2D eigenvalue weighted by Crippen LogP contribution is -2.12. The van der Waals surface area contributed by atoms with Gasteiger partial charge in [0.25, 0.3) is 0 Å². The second kappa shape index (κ2) is 5.61. The van der Waals surface area contributed by atoms with Gasteiger partial charge in [-0.3, -0.25) is 4.68 Å². The van der Waals surface area contributed by atoms with Gasteiger partial charge in [-0.25, -0.2) is 0 Å². The standard InChI is InChI=1S/C12H10F3N5/c13-12(14,15)10-1-2-11(9(7-10)8-16)17-3-5-20-6-4-18-19-20/h1-2,4,6-7,17H,3,5H2. The van der Waals surface area contributed by atoms with E-state index in [1.54, 1.807) is 16.9 Å². The van der Waals surface area contributed by atoms with Crippen LogP contribution in [-0.4, -0.2) is 21.5 Å². The fourth-order valence-electron chi connectivity index (χ4n) is 1.62. The molecule has 1 aromatic heterocycles. The van der Waals surface area contributed by atoms with E-state index < -0.39 is 11.7 Å². The number of benzene rings is 1. The van der Waals surface area contributed by atoms with Gasteiger partial charge in [-0.2, -0.15) is 18.4 Å². The van der Waals surface area contributed by atoms with Crippen LogP contribution in [0.25, 0.3) is 0 Å². The maximum Gasteiger partial charge on any atom is 0.416 e. The number of nitrogens with zero attached hydrogens (tertiary/aromatic N) is 4. The van der Waals surface area contributed by atoms with Gasteiger partial charge < -0.3 is 5.32 Å². The molecule has 0 atom stereocenters. The second-order valence-corrected chi connectivity index (χ2v) is 3.96. The molecule has 5 nitrogen and oxygen atoms in total. The molecule has 0 fully saturated rings. The van der Waals surface area contributed by atoms with E-state index in [1.807, 2.05) is 0 Å². The van der Waals surface area contributed by atoms with Gasteiger partial charge >= 0.3 is 6.18 Å². The van der Waals surface area contributed by atoms with Gasteiger partial charge in [0.05, 0.1) is 29.6 Å². The van der Waals surface area contributed by atoms with Crippen molar-refractivity contribution in [3.05, 3.63) is 41.7 Å². The molecule has 8 heteroatoms. The van der Waals surface area contributed by atoms with Gasteiger partial charge in [0.1, 0.15) is 6.07 Å². The summed E-state index contributed by atoms with van der Waals surface area (Å²) in [4.78, 5) is 0. The number of rotatable bonds is 4. The molecule has 0 radical (unpaired) electrons. The fraction of sp³-hybridized carbons (Fsp3) is 0.250. The molecule has 20 heavy (non-hydrogen) atoms. The van der Waals surface area contributed by atoms with Gasteiger partial charge in [0, 0.05) is 12.7 Å². The zero-order valence-corrected chi connectivity index (χ0v) is 10.2. The van der Waals surface area contributed by atoms with Crippen molar-refractivity contribution in [1.29, 1.82) is 5.26 Å². The minimum Gasteiger partial charge on any atom is -0.382 e. The topological polar surface area (TPSA) is 66.5 Å². The number of aromatic nitrogens is 3. The molecule has 1 N–H and O–H groups in total. The highest BCUT2D eigenvalue weighted by Gasteiger charge is 2.30. The van der Waals surface area contributed by atoms with E-state index >= 15 is 0 Å². The predicted molar refractivity (Wildman–Crippen MR) is 64.7 cm³/mol. The molecular weight excluding hydrogens is 271 g/mol. The molecular formula is C12H10F3N5. The quantitative estimate of drug-likeness (QED) is 0.933. The summed E-state index contributed by atoms with van der Waals surface area (Å²) >= 11 is 0. The first-order valence-electron chi connectivity index (χ1n) is 5.70. The van der Waals surface area contributed by atoms with Crippen LogP contribution in [0.1, 0.15) is 11.1 Å². The second-order valence-electron chi connectivity index (χ2n) is 3.96. The zero-order valence-electron chi connectivity index (χ0n) is 10.2. The Morgan fingerprint density at radius 2 is 2.15 bits per heavy atom. The third-order valence-electron chi connectivity index (χ3n) is 2.60. The van der Waals surface area contributed by atoms with Crippen molar-refractivity contribution in [3.8, 4) is 6.07 Å². The Morgan fingerprint density at radius 1 is 1.35 bits per heavy atom. The Bertz CT molecular complexity index is 613. The Balaban J connectivity index is 2.06. The van der Waals surface area contributed by atoms with Crippen molar-refractivity contribution in [3.63, 3.8) is 0 Å². The molecule has 0 aliphatic heterocycles. The zero-order chi connectivity index (χ0) is 14.6. The Hall–Kier alpha value is -2.56. The van der Waals surface area contributed by atoms with Crippen molar-refractivity contribution in [2.24, 2.45) is 0 Å². The number of halogens is 3. The molecule has 0 amide bonds. The van der Waals surface area contributed by atoms with Gasteiger partial charge in [-0.05, 0) is 18.2 Å². The van der Waals surface area contributed by atoms with Gasteiger partial charge in [0.15, 0.2) is 0 Å². The number of hydrogen-bond acceptors (Lipinski definition) is 4. The Labute approximate surface area is 112 Å². The Kier molecular flexibility index (Phi) is 3.89. The summed E-state index contributed by atoms with van der Waals surface area (Å²) in [5.41, 5.74) is -0.519. The van der Waals surface area contributed by atoms with Crippen molar-refractivity contribution >= 4 is 5.69 Å². The molecule has 1 aromatic carbocycles. The molecule has 104 valence electrons. The number of nitriles is 1. The molecule has 2 aromatic rings. The van der Waals surface area contributed by atoms with Crippen LogP contribution < -0.4 is 5.32 Å². The molecule has 0 spiro atoms. The maximum atomic E-state index is 12.5. The summed E-state index contributed by atoms with van der Waals surface area (Å²) in [6.07, 6.45) is -1.26. The van der Waals surface area contributed by atoms with E-state index in [0.717, 1.165) is 12.1 Å². The molecule has 0 saturated carbocycles. The first kappa shape index (κ1) is 13.9. The summed E-state index contributed by atoms with van der Waals surface area (Å²) in [5, 5.41) is 19.2. The van der Waals surface area contributed by atoms with Crippen molar-refractivity contribution < 1.29 is 13.2 Å². The molecule has 0 aliphatic rings. The summed E-state index contributed by atoms with van der Waals surface area (Å²) in [7, 11) is 0. The summed E-state index contributed by atoms with van der Waals surface area (Å²) in [5.74, 6) is 0. The highest BCUT2D eigenvalue weighted by atomic mass is 19.4. The third-order valence-corrected chi connectivity index (χ3v) is 2.60. The fourth-order valence-corrected chi connectivity index (χ4v) is 1.62.